The minimum Gasteiger partial charge on any atom is -0.302 e. The Balaban J connectivity index is 2.89. The van der Waals surface area contributed by atoms with Crippen LogP contribution in [0.15, 0.2) is 23.1 Å². The molecule has 1 rings (SSSR count). The van der Waals surface area contributed by atoms with Crippen molar-refractivity contribution in [2.45, 2.75) is 31.7 Å². The molecule has 0 amide bonds. The Kier molecular flexibility index (Phi) is 6.62. The SMILES string of the molecule is CCN(CC)CC(C)NS(=O)(=O)c1ccc(C#N)cc1Cl. The van der Waals surface area contributed by atoms with Gasteiger partial charge in [0.1, 0.15) is 4.90 Å². The summed E-state index contributed by atoms with van der Waals surface area (Å²) in [5.74, 6) is 0. The monoisotopic (exact) mass is 329 g/mol. The number of nitriles is 1. The van der Waals surface area contributed by atoms with Crippen molar-refractivity contribution in [3.05, 3.63) is 28.8 Å². The predicted octanol–water partition coefficient (Wildman–Crippen LogP) is 2.22. The number of benzene rings is 1. The topological polar surface area (TPSA) is 73.2 Å². The van der Waals surface area contributed by atoms with Crippen LogP contribution in [0.25, 0.3) is 0 Å². The number of hydrogen-bond acceptors (Lipinski definition) is 4. The summed E-state index contributed by atoms with van der Waals surface area (Å²) in [5, 5.41) is 8.83. The standard InChI is InChI=1S/C14H20ClN3O2S/c1-4-18(5-2)10-11(3)17-21(19,20)14-7-6-12(9-16)8-13(14)15/h6-8,11,17H,4-5,10H2,1-3H3. The van der Waals surface area contributed by atoms with Gasteiger partial charge in [0.25, 0.3) is 0 Å². The van der Waals surface area contributed by atoms with E-state index in [0.717, 1.165) is 13.1 Å². The van der Waals surface area contributed by atoms with Gasteiger partial charge in [-0.2, -0.15) is 5.26 Å². The van der Waals surface area contributed by atoms with E-state index in [-0.39, 0.29) is 16.0 Å². The smallest absolute Gasteiger partial charge is 0.242 e. The van der Waals surface area contributed by atoms with E-state index in [1.165, 1.54) is 18.2 Å². The molecule has 1 aromatic carbocycles. The van der Waals surface area contributed by atoms with E-state index in [4.69, 9.17) is 16.9 Å². The molecule has 0 aliphatic rings. The third-order valence-electron chi connectivity index (χ3n) is 3.13. The molecule has 1 atom stereocenters. The van der Waals surface area contributed by atoms with Gasteiger partial charge in [-0.25, -0.2) is 13.1 Å². The number of rotatable bonds is 7. The summed E-state index contributed by atoms with van der Waals surface area (Å²) in [7, 11) is -3.70. The first-order chi connectivity index (χ1) is 9.83. The van der Waals surface area contributed by atoms with Crippen molar-refractivity contribution < 1.29 is 8.42 Å². The Morgan fingerprint density at radius 2 is 2.00 bits per heavy atom. The number of nitrogens with one attached hydrogen (secondary N) is 1. The fraction of sp³-hybridized carbons (Fsp3) is 0.500. The Morgan fingerprint density at radius 3 is 2.48 bits per heavy atom. The zero-order chi connectivity index (χ0) is 16.0. The summed E-state index contributed by atoms with van der Waals surface area (Å²) in [4.78, 5) is 2.13. The van der Waals surface area contributed by atoms with Gasteiger partial charge in [0, 0.05) is 12.6 Å². The molecule has 21 heavy (non-hydrogen) atoms. The molecular formula is C14H20ClN3O2S. The molecule has 1 N–H and O–H groups in total. The molecule has 5 nitrogen and oxygen atoms in total. The van der Waals surface area contributed by atoms with E-state index in [1.807, 2.05) is 26.8 Å². The van der Waals surface area contributed by atoms with Crippen molar-refractivity contribution in [3.63, 3.8) is 0 Å². The van der Waals surface area contributed by atoms with Crippen molar-refractivity contribution in [1.29, 1.82) is 5.26 Å². The minimum absolute atomic E-state index is 0.00503. The average Bonchev–Trinajstić information content (AvgIpc) is 2.43. The van der Waals surface area contributed by atoms with Crippen molar-refractivity contribution in [1.82, 2.24) is 9.62 Å². The number of sulfonamides is 1. The van der Waals surface area contributed by atoms with E-state index in [1.54, 1.807) is 0 Å². The van der Waals surface area contributed by atoms with Crippen LogP contribution in [0.4, 0.5) is 0 Å². The van der Waals surface area contributed by atoms with Crippen LogP contribution < -0.4 is 4.72 Å². The van der Waals surface area contributed by atoms with Crippen LogP contribution in [0.5, 0.6) is 0 Å². The molecule has 7 heteroatoms. The Morgan fingerprint density at radius 1 is 1.38 bits per heavy atom. The fourth-order valence-electron chi connectivity index (χ4n) is 2.02. The zero-order valence-corrected chi connectivity index (χ0v) is 14.0. The van der Waals surface area contributed by atoms with E-state index < -0.39 is 10.0 Å². The highest BCUT2D eigenvalue weighted by Crippen LogP contribution is 2.22. The van der Waals surface area contributed by atoms with Crippen molar-refractivity contribution in [2.75, 3.05) is 19.6 Å². The van der Waals surface area contributed by atoms with Gasteiger partial charge in [0.05, 0.1) is 16.7 Å². The van der Waals surface area contributed by atoms with Gasteiger partial charge in [0.2, 0.25) is 10.0 Å². The van der Waals surface area contributed by atoms with Gasteiger partial charge >= 0.3 is 0 Å². The normalized spacial score (nSPS) is 13.1. The van der Waals surface area contributed by atoms with Gasteiger partial charge in [-0.05, 0) is 38.2 Å². The molecule has 0 aliphatic carbocycles. The maximum atomic E-state index is 12.3. The van der Waals surface area contributed by atoms with Gasteiger partial charge in [-0.1, -0.05) is 25.4 Å². The van der Waals surface area contributed by atoms with E-state index in [9.17, 15) is 8.42 Å². The average molecular weight is 330 g/mol. The molecule has 0 spiro atoms. The molecule has 116 valence electrons. The second-order valence-electron chi connectivity index (χ2n) is 4.77. The van der Waals surface area contributed by atoms with Gasteiger partial charge in [0.15, 0.2) is 0 Å². The number of likely N-dealkylation sites (N-methyl/N-ethyl adjacent to an activating group) is 1. The van der Waals surface area contributed by atoms with E-state index in [2.05, 4.69) is 9.62 Å². The van der Waals surface area contributed by atoms with Gasteiger partial charge in [-0.3, -0.25) is 0 Å². The summed E-state index contributed by atoms with van der Waals surface area (Å²) in [6, 6.07) is 5.83. The Labute approximate surface area is 131 Å². The molecular weight excluding hydrogens is 310 g/mol. The molecule has 0 fully saturated rings. The number of nitrogens with zero attached hydrogens (tertiary/aromatic N) is 2. The Hall–Kier alpha value is -1.13. The third kappa shape index (κ3) is 4.97. The first-order valence-corrected chi connectivity index (χ1v) is 8.64. The maximum Gasteiger partial charge on any atom is 0.242 e. The second-order valence-corrected chi connectivity index (χ2v) is 6.85. The van der Waals surface area contributed by atoms with Crippen LogP contribution in [-0.4, -0.2) is 39.0 Å². The quantitative estimate of drug-likeness (QED) is 0.832. The van der Waals surface area contributed by atoms with Crippen LogP contribution in [0.3, 0.4) is 0 Å². The van der Waals surface area contributed by atoms with Gasteiger partial charge in [-0.15, -0.1) is 0 Å². The highest BCUT2D eigenvalue weighted by molar-refractivity contribution is 7.89. The summed E-state index contributed by atoms with van der Waals surface area (Å²) in [6.07, 6.45) is 0. The minimum atomic E-state index is -3.70. The fourth-order valence-corrected chi connectivity index (χ4v) is 3.80. The van der Waals surface area contributed by atoms with Crippen LogP contribution >= 0.6 is 11.6 Å². The zero-order valence-electron chi connectivity index (χ0n) is 12.4. The lowest BCUT2D eigenvalue weighted by Gasteiger charge is -2.23. The summed E-state index contributed by atoms with van der Waals surface area (Å²) < 4.78 is 27.3. The van der Waals surface area contributed by atoms with Crippen molar-refractivity contribution >= 4 is 21.6 Å². The molecule has 0 bridgehead atoms. The van der Waals surface area contributed by atoms with E-state index >= 15 is 0 Å². The van der Waals surface area contributed by atoms with Crippen LogP contribution in [-0.2, 0) is 10.0 Å². The first-order valence-electron chi connectivity index (χ1n) is 6.78. The molecule has 0 heterocycles. The predicted molar refractivity (Wildman–Crippen MR) is 83.7 cm³/mol. The lowest BCUT2D eigenvalue weighted by atomic mass is 10.2. The Bertz CT molecular complexity index is 622. The van der Waals surface area contributed by atoms with Crippen molar-refractivity contribution in [3.8, 4) is 6.07 Å². The summed E-state index contributed by atoms with van der Waals surface area (Å²) in [6.45, 7) is 8.22. The molecule has 0 saturated heterocycles. The summed E-state index contributed by atoms with van der Waals surface area (Å²) in [5.41, 5.74) is 0.329. The molecule has 1 aromatic rings. The molecule has 0 radical (unpaired) electrons. The maximum absolute atomic E-state index is 12.3. The second kappa shape index (κ2) is 7.76. The highest BCUT2D eigenvalue weighted by atomic mass is 35.5. The third-order valence-corrected chi connectivity index (χ3v) is 5.21. The van der Waals surface area contributed by atoms with Crippen LogP contribution in [0.2, 0.25) is 5.02 Å². The van der Waals surface area contributed by atoms with Crippen LogP contribution in [0.1, 0.15) is 26.3 Å². The highest BCUT2D eigenvalue weighted by Gasteiger charge is 2.21. The summed E-state index contributed by atoms with van der Waals surface area (Å²) >= 11 is 5.96. The van der Waals surface area contributed by atoms with Crippen LogP contribution in [0, 0.1) is 11.3 Å². The molecule has 1 unspecified atom stereocenters. The molecule has 0 saturated carbocycles. The largest absolute Gasteiger partial charge is 0.302 e. The van der Waals surface area contributed by atoms with Crippen molar-refractivity contribution in [2.24, 2.45) is 0 Å². The number of halogens is 1. The molecule has 0 aromatic heterocycles. The number of hydrogen-bond donors (Lipinski definition) is 1. The lowest BCUT2D eigenvalue weighted by molar-refractivity contribution is 0.282. The van der Waals surface area contributed by atoms with E-state index in [0.29, 0.717) is 12.1 Å². The lowest BCUT2D eigenvalue weighted by Crippen LogP contribution is -2.41. The first kappa shape index (κ1) is 17.9. The van der Waals surface area contributed by atoms with Gasteiger partial charge < -0.3 is 4.90 Å². The molecule has 0 aliphatic heterocycles.